The number of rotatable bonds is 7. The summed E-state index contributed by atoms with van der Waals surface area (Å²) in [6, 6.07) is 11.3. The van der Waals surface area contributed by atoms with Crippen LogP contribution in [0.3, 0.4) is 0 Å². The van der Waals surface area contributed by atoms with Gasteiger partial charge >= 0.3 is 0 Å². The van der Waals surface area contributed by atoms with Crippen molar-refractivity contribution in [3.05, 3.63) is 53.6 Å². The number of hydrogen-bond acceptors (Lipinski definition) is 4. The fraction of sp³-hybridized carbons (Fsp3) is 0.286. The van der Waals surface area contributed by atoms with E-state index in [9.17, 15) is 4.79 Å². The number of benzene rings is 2. The molecule has 0 saturated carbocycles. The number of carbonyl (C=O) groups excluding carboxylic acids is 1. The Morgan fingerprint density at radius 2 is 1.58 bits per heavy atom. The Morgan fingerprint density at radius 3 is 2.19 bits per heavy atom. The quantitative estimate of drug-likeness (QED) is 0.744. The van der Waals surface area contributed by atoms with Crippen LogP contribution in [-0.2, 0) is 4.79 Å². The number of carbonyl (C=O) groups is 1. The van der Waals surface area contributed by atoms with Crippen LogP contribution in [0.2, 0.25) is 0 Å². The third-order valence-corrected chi connectivity index (χ3v) is 3.99. The average molecular weight is 355 g/mol. The predicted molar refractivity (Wildman–Crippen MR) is 104 cm³/mol. The molecule has 2 rings (SSSR count). The molecule has 5 nitrogen and oxygen atoms in total. The van der Waals surface area contributed by atoms with Crippen molar-refractivity contribution < 1.29 is 19.0 Å². The van der Waals surface area contributed by atoms with E-state index >= 15 is 0 Å². The van der Waals surface area contributed by atoms with Crippen molar-refractivity contribution in [2.24, 2.45) is 0 Å². The van der Waals surface area contributed by atoms with Gasteiger partial charge in [-0.25, -0.2) is 0 Å². The highest BCUT2D eigenvalue weighted by molar-refractivity contribution is 6.02. The normalized spacial score (nSPS) is 10.8. The second-order valence-electron chi connectivity index (χ2n) is 6.01. The van der Waals surface area contributed by atoms with E-state index in [0.29, 0.717) is 23.2 Å². The van der Waals surface area contributed by atoms with Gasteiger partial charge in [0.05, 0.1) is 21.3 Å². The first-order valence-corrected chi connectivity index (χ1v) is 8.38. The SMILES string of the molecule is COc1cc(OC)c(OC)cc1/C=C/C(=O)Nc1ccccc1C(C)C. The number of para-hydroxylation sites is 1. The van der Waals surface area contributed by atoms with Crippen molar-refractivity contribution in [1.29, 1.82) is 0 Å². The van der Waals surface area contributed by atoms with Crippen molar-refractivity contribution >= 4 is 17.7 Å². The van der Waals surface area contributed by atoms with Crippen LogP contribution >= 0.6 is 0 Å². The highest BCUT2D eigenvalue weighted by Crippen LogP contribution is 2.35. The van der Waals surface area contributed by atoms with Gasteiger partial charge in [0.25, 0.3) is 0 Å². The summed E-state index contributed by atoms with van der Waals surface area (Å²) < 4.78 is 15.9. The van der Waals surface area contributed by atoms with E-state index in [4.69, 9.17) is 14.2 Å². The van der Waals surface area contributed by atoms with E-state index in [1.807, 2.05) is 24.3 Å². The Labute approximate surface area is 154 Å². The molecule has 0 spiro atoms. The molecule has 0 aliphatic rings. The van der Waals surface area contributed by atoms with Crippen LogP contribution in [0.4, 0.5) is 5.69 Å². The van der Waals surface area contributed by atoms with Crippen LogP contribution in [0.5, 0.6) is 17.2 Å². The standard InChI is InChI=1S/C21H25NO4/c1-14(2)16-8-6-7-9-17(16)22-21(23)11-10-15-12-19(25-4)20(26-5)13-18(15)24-3/h6-14H,1-5H3,(H,22,23)/b11-10+. The minimum Gasteiger partial charge on any atom is -0.496 e. The topological polar surface area (TPSA) is 56.8 Å². The maximum atomic E-state index is 12.3. The van der Waals surface area contributed by atoms with Crippen molar-refractivity contribution in [2.75, 3.05) is 26.6 Å². The summed E-state index contributed by atoms with van der Waals surface area (Å²) in [5, 5.41) is 2.93. The molecule has 0 radical (unpaired) electrons. The van der Waals surface area contributed by atoms with E-state index in [0.717, 1.165) is 16.8 Å². The predicted octanol–water partition coefficient (Wildman–Crippen LogP) is 4.49. The Balaban J connectivity index is 2.23. The lowest BCUT2D eigenvalue weighted by Crippen LogP contribution is -2.10. The number of amides is 1. The first-order chi connectivity index (χ1) is 12.5. The molecule has 1 amide bonds. The van der Waals surface area contributed by atoms with Gasteiger partial charge in [-0.3, -0.25) is 4.79 Å². The van der Waals surface area contributed by atoms with Gasteiger partial charge in [0.2, 0.25) is 5.91 Å². The Morgan fingerprint density at radius 1 is 0.962 bits per heavy atom. The zero-order valence-corrected chi connectivity index (χ0v) is 15.8. The maximum absolute atomic E-state index is 12.3. The zero-order valence-electron chi connectivity index (χ0n) is 15.8. The van der Waals surface area contributed by atoms with E-state index in [-0.39, 0.29) is 5.91 Å². The third-order valence-electron chi connectivity index (χ3n) is 3.99. The first-order valence-electron chi connectivity index (χ1n) is 8.38. The van der Waals surface area contributed by atoms with Gasteiger partial charge in [0.15, 0.2) is 11.5 Å². The molecular weight excluding hydrogens is 330 g/mol. The van der Waals surface area contributed by atoms with Gasteiger partial charge < -0.3 is 19.5 Å². The number of methoxy groups -OCH3 is 3. The summed E-state index contributed by atoms with van der Waals surface area (Å²) in [4.78, 5) is 12.3. The molecule has 1 N–H and O–H groups in total. The van der Waals surface area contributed by atoms with Crippen molar-refractivity contribution in [1.82, 2.24) is 0 Å². The molecule has 0 aliphatic carbocycles. The van der Waals surface area contributed by atoms with Gasteiger partial charge in [-0.2, -0.15) is 0 Å². The molecule has 0 bridgehead atoms. The molecule has 0 fully saturated rings. The van der Waals surface area contributed by atoms with Crippen LogP contribution in [0.1, 0.15) is 30.9 Å². The van der Waals surface area contributed by atoms with E-state index in [1.54, 1.807) is 39.5 Å². The molecule has 26 heavy (non-hydrogen) atoms. The van der Waals surface area contributed by atoms with Crippen LogP contribution in [0, 0.1) is 0 Å². The summed E-state index contributed by atoms with van der Waals surface area (Å²) in [5.41, 5.74) is 2.63. The fourth-order valence-electron chi connectivity index (χ4n) is 2.64. The van der Waals surface area contributed by atoms with Crippen molar-refractivity contribution in [3.8, 4) is 17.2 Å². The minimum absolute atomic E-state index is 0.213. The molecule has 2 aromatic carbocycles. The summed E-state index contributed by atoms with van der Waals surface area (Å²) in [6.07, 6.45) is 3.16. The van der Waals surface area contributed by atoms with Gasteiger partial charge in [0, 0.05) is 23.4 Å². The fourth-order valence-corrected chi connectivity index (χ4v) is 2.64. The second kappa shape index (κ2) is 8.94. The highest BCUT2D eigenvalue weighted by atomic mass is 16.5. The summed E-state index contributed by atoms with van der Waals surface area (Å²) in [6.45, 7) is 4.19. The smallest absolute Gasteiger partial charge is 0.248 e. The molecule has 0 aliphatic heterocycles. The van der Waals surface area contributed by atoms with Gasteiger partial charge in [-0.15, -0.1) is 0 Å². The van der Waals surface area contributed by atoms with Crippen LogP contribution < -0.4 is 19.5 Å². The molecule has 0 atom stereocenters. The van der Waals surface area contributed by atoms with Gasteiger partial charge in [-0.05, 0) is 29.7 Å². The van der Waals surface area contributed by atoms with Crippen molar-refractivity contribution in [2.45, 2.75) is 19.8 Å². The lowest BCUT2D eigenvalue weighted by molar-refractivity contribution is -0.111. The summed E-state index contributed by atoms with van der Waals surface area (Å²) in [5.74, 6) is 1.83. The summed E-state index contributed by atoms with van der Waals surface area (Å²) >= 11 is 0. The lowest BCUT2D eigenvalue weighted by Gasteiger charge is -2.13. The molecule has 5 heteroatoms. The summed E-state index contributed by atoms with van der Waals surface area (Å²) in [7, 11) is 4.69. The highest BCUT2D eigenvalue weighted by Gasteiger charge is 2.11. The second-order valence-corrected chi connectivity index (χ2v) is 6.01. The van der Waals surface area contributed by atoms with Crippen molar-refractivity contribution in [3.63, 3.8) is 0 Å². The number of hydrogen-bond donors (Lipinski definition) is 1. The van der Waals surface area contributed by atoms with E-state index in [2.05, 4.69) is 19.2 Å². The largest absolute Gasteiger partial charge is 0.496 e. The van der Waals surface area contributed by atoms with Crippen LogP contribution in [0.25, 0.3) is 6.08 Å². The maximum Gasteiger partial charge on any atom is 0.248 e. The molecule has 0 saturated heterocycles. The Bertz CT molecular complexity index is 797. The average Bonchev–Trinajstić information content (AvgIpc) is 2.65. The molecule has 0 unspecified atom stereocenters. The van der Waals surface area contributed by atoms with E-state index < -0.39 is 0 Å². The minimum atomic E-state index is -0.213. The monoisotopic (exact) mass is 355 g/mol. The lowest BCUT2D eigenvalue weighted by atomic mass is 10.0. The Kier molecular flexibility index (Phi) is 6.67. The van der Waals surface area contributed by atoms with E-state index in [1.165, 1.54) is 6.08 Å². The first kappa shape index (κ1) is 19.4. The number of ether oxygens (including phenoxy) is 3. The molecule has 138 valence electrons. The molecule has 2 aromatic rings. The molecule has 0 heterocycles. The van der Waals surface area contributed by atoms with Crippen LogP contribution in [-0.4, -0.2) is 27.2 Å². The van der Waals surface area contributed by atoms with Gasteiger partial charge in [-0.1, -0.05) is 32.0 Å². The molecule has 0 aromatic heterocycles. The number of anilines is 1. The zero-order chi connectivity index (χ0) is 19.1. The van der Waals surface area contributed by atoms with Crippen LogP contribution in [0.15, 0.2) is 42.5 Å². The molecular formula is C21H25NO4. The Hall–Kier alpha value is -2.95. The van der Waals surface area contributed by atoms with Gasteiger partial charge in [0.1, 0.15) is 5.75 Å². The third kappa shape index (κ3) is 4.57. The number of nitrogens with one attached hydrogen (secondary N) is 1.